The average molecular weight is 336 g/mol. The summed E-state index contributed by atoms with van der Waals surface area (Å²) in [5.41, 5.74) is 1.52. The molecule has 0 saturated carbocycles. The highest BCUT2D eigenvalue weighted by atomic mass is 35.5. The topological polar surface area (TPSA) is 78.8 Å². The summed E-state index contributed by atoms with van der Waals surface area (Å²) >= 11 is 5.94. The van der Waals surface area contributed by atoms with Crippen molar-refractivity contribution in [2.75, 3.05) is 13.7 Å². The Morgan fingerprint density at radius 3 is 2.70 bits per heavy atom. The Labute approximate surface area is 139 Å². The van der Waals surface area contributed by atoms with E-state index >= 15 is 0 Å². The number of aromatic hydroxyl groups is 2. The Bertz CT molecular complexity index is 703. The second-order valence-corrected chi connectivity index (χ2v) is 5.47. The molecule has 0 unspecified atom stereocenters. The van der Waals surface area contributed by atoms with Crippen LogP contribution in [-0.2, 0) is 17.6 Å². The van der Waals surface area contributed by atoms with Gasteiger partial charge in [-0.25, -0.2) is 0 Å². The maximum Gasteiger partial charge on any atom is 0.224 e. The van der Waals surface area contributed by atoms with Crippen molar-refractivity contribution in [2.45, 2.75) is 12.8 Å². The molecule has 0 spiro atoms. The lowest BCUT2D eigenvalue weighted by molar-refractivity contribution is -0.120. The zero-order valence-electron chi connectivity index (χ0n) is 12.7. The van der Waals surface area contributed by atoms with Gasteiger partial charge in [0.2, 0.25) is 5.91 Å². The molecular formula is C17H18ClNO4. The number of ether oxygens (including phenoxy) is 1. The molecule has 0 aliphatic rings. The third-order valence-electron chi connectivity index (χ3n) is 3.36. The van der Waals surface area contributed by atoms with Crippen LogP contribution >= 0.6 is 11.6 Å². The molecule has 2 aromatic carbocycles. The molecule has 23 heavy (non-hydrogen) atoms. The van der Waals surface area contributed by atoms with Crippen molar-refractivity contribution >= 4 is 17.5 Å². The van der Waals surface area contributed by atoms with Gasteiger partial charge in [0.25, 0.3) is 0 Å². The molecule has 1 amide bonds. The maximum atomic E-state index is 11.9. The Morgan fingerprint density at radius 2 is 1.96 bits per heavy atom. The van der Waals surface area contributed by atoms with Crippen LogP contribution in [0.3, 0.4) is 0 Å². The SMILES string of the molecule is COc1cccc(CCNC(=O)Cc2cc(O)c(O)cc2Cl)c1. The van der Waals surface area contributed by atoms with E-state index < -0.39 is 0 Å². The molecule has 2 aromatic rings. The molecule has 5 nitrogen and oxygen atoms in total. The summed E-state index contributed by atoms with van der Waals surface area (Å²) in [5.74, 6) is -0.0363. The van der Waals surface area contributed by atoms with E-state index in [0.717, 1.165) is 11.3 Å². The predicted molar refractivity (Wildman–Crippen MR) is 88.2 cm³/mol. The zero-order chi connectivity index (χ0) is 16.8. The Hall–Kier alpha value is -2.40. The number of amides is 1. The lowest BCUT2D eigenvalue weighted by Gasteiger charge is -2.09. The smallest absolute Gasteiger partial charge is 0.224 e. The van der Waals surface area contributed by atoms with Gasteiger partial charge in [-0.15, -0.1) is 0 Å². The third-order valence-corrected chi connectivity index (χ3v) is 3.72. The quantitative estimate of drug-likeness (QED) is 0.709. The number of carbonyl (C=O) groups is 1. The van der Waals surface area contributed by atoms with E-state index in [0.29, 0.717) is 18.5 Å². The van der Waals surface area contributed by atoms with E-state index in [1.165, 1.54) is 12.1 Å². The second kappa shape index (κ2) is 7.74. The molecule has 0 bridgehead atoms. The Balaban J connectivity index is 1.87. The molecule has 6 heteroatoms. The highest BCUT2D eigenvalue weighted by Gasteiger charge is 2.11. The van der Waals surface area contributed by atoms with Crippen LogP contribution in [0.5, 0.6) is 17.2 Å². The first kappa shape index (κ1) is 17.0. The predicted octanol–water partition coefficient (Wildman–Crippen LogP) is 2.66. The monoisotopic (exact) mass is 335 g/mol. The fourth-order valence-corrected chi connectivity index (χ4v) is 2.36. The number of benzene rings is 2. The fraction of sp³-hybridized carbons (Fsp3) is 0.235. The Morgan fingerprint density at radius 1 is 1.22 bits per heavy atom. The Kier molecular flexibility index (Phi) is 5.71. The van der Waals surface area contributed by atoms with Crippen LogP contribution in [0.4, 0.5) is 0 Å². The minimum Gasteiger partial charge on any atom is -0.504 e. The molecule has 2 rings (SSSR count). The van der Waals surface area contributed by atoms with Gasteiger partial charge in [0.05, 0.1) is 13.5 Å². The lowest BCUT2D eigenvalue weighted by atomic mass is 10.1. The van der Waals surface area contributed by atoms with E-state index in [2.05, 4.69) is 5.32 Å². The number of hydrogen-bond donors (Lipinski definition) is 3. The van der Waals surface area contributed by atoms with Crippen molar-refractivity contribution in [1.82, 2.24) is 5.32 Å². The van der Waals surface area contributed by atoms with Crippen LogP contribution in [-0.4, -0.2) is 29.8 Å². The summed E-state index contributed by atoms with van der Waals surface area (Å²) in [6.45, 7) is 0.480. The van der Waals surface area contributed by atoms with Gasteiger partial charge in [-0.1, -0.05) is 23.7 Å². The van der Waals surface area contributed by atoms with Crippen LogP contribution in [0.2, 0.25) is 5.02 Å². The minimum atomic E-state index is -0.308. The summed E-state index contributed by atoms with van der Waals surface area (Å²) in [6.07, 6.45) is 0.711. The van der Waals surface area contributed by atoms with Gasteiger partial charge in [-0.2, -0.15) is 0 Å². The summed E-state index contributed by atoms with van der Waals surface area (Å²) < 4.78 is 5.15. The normalized spacial score (nSPS) is 10.3. The van der Waals surface area contributed by atoms with Crippen LogP contribution in [0.15, 0.2) is 36.4 Å². The molecular weight excluding hydrogens is 318 g/mol. The molecule has 0 fully saturated rings. The molecule has 0 aliphatic heterocycles. The standard InChI is InChI=1S/C17H18ClNO4/c1-23-13-4-2-3-11(7-13)5-6-19-17(22)9-12-8-15(20)16(21)10-14(12)18/h2-4,7-8,10,20-21H,5-6,9H2,1H3,(H,19,22). The summed E-state index contributed by atoms with van der Waals surface area (Å²) in [5, 5.41) is 21.8. The van der Waals surface area contributed by atoms with Gasteiger partial charge in [0.15, 0.2) is 11.5 Å². The summed E-state index contributed by atoms with van der Waals surface area (Å²) in [4.78, 5) is 11.9. The second-order valence-electron chi connectivity index (χ2n) is 5.06. The molecule has 0 radical (unpaired) electrons. The molecule has 122 valence electrons. The largest absolute Gasteiger partial charge is 0.504 e. The zero-order valence-corrected chi connectivity index (χ0v) is 13.4. The van der Waals surface area contributed by atoms with E-state index in [1.54, 1.807) is 7.11 Å². The van der Waals surface area contributed by atoms with E-state index in [4.69, 9.17) is 16.3 Å². The number of nitrogens with one attached hydrogen (secondary N) is 1. The molecule has 0 aromatic heterocycles. The number of carbonyl (C=O) groups excluding carboxylic acids is 1. The van der Waals surface area contributed by atoms with E-state index in [1.807, 2.05) is 24.3 Å². The highest BCUT2D eigenvalue weighted by Crippen LogP contribution is 2.31. The first-order valence-corrected chi connectivity index (χ1v) is 7.47. The number of halogens is 1. The highest BCUT2D eigenvalue weighted by molar-refractivity contribution is 6.31. The van der Waals surface area contributed by atoms with Crippen molar-refractivity contribution in [3.63, 3.8) is 0 Å². The first-order chi connectivity index (χ1) is 11.0. The molecule has 0 heterocycles. The first-order valence-electron chi connectivity index (χ1n) is 7.09. The van der Waals surface area contributed by atoms with Gasteiger partial charge in [0.1, 0.15) is 5.75 Å². The van der Waals surface area contributed by atoms with Gasteiger partial charge in [0, 0.05) is 17.6 Å². The fourth-order valence-electron chi connectivity index (χ4n) is 2.14. The number of phenolic OH excluding ortho intramolecular Hbond substituents is 2. The molecule has 0 atom stereocenters. The van der Waals surface area contributed by atoms with Crippen LogP contribution in [0, 0.1) is 0 Å². The average Bonchev–Trinajstić information content (AvgIpc) is 2.53. The number of phenols is 2. The van der Waals surface area contributed by atoms with Crippen molar-refractivity contribution in [3.05, 3.63) is 52.5 Å². The molecule has 0 aliphatic carbocycles. The number of methoxy groups -OCH3 is 1. The van der Waals surface area contributed by atoms with Crippen molar-refractivity contribution in [1.29, 1.82) is 0 Å². The summed E-state index contributed by atoms with van der Waals surface area (Å²) in [6, 6.07) is 10.1. The van der Waals surface area contributed by atoms with Gasteiger partial charge in [-0.05, 0) is 35.7 Å². The van der Waals surface area contributed by atoms with Crippen LogP contribution in [0.25, 0.3) is 0 Å². The third kappa shape index (κ3) is 4.79. The van der Waals surface area contributed by atoms with Gasteiger partial charge >= 0.3 is 0 Å². The molecule has 3 N–H and O–H groups in total. The van der Waals surface area contributed by atoms with Gasteiger partial charge in [-0.3, -0.25) is 4.79 Å². The summed E-state index contributed by atoms with van der Waals surface area (Å²) in [7, 11) is 1.61. The molecule has 0 saturated heterocycles. The van der Waals surface area contributed by atoms with Crippen LogP contribution in [0.1, 0.15) is 11.1 Å². The lowest BCUT2D eigenvalue weighted by Crippen LogP contribution is -2.27. The van der Waals surface area contributed by atoms with Gasteiger partial charge < -0.3 is 20.3 Å². The van der Waals surface area contributed by atoms with Crippen molar-refractivity contribution in [2.24, 2.45) is 0 Å². The van der Waals surface area contributed by atoms with Crippen LogP contribution < -0.4 is 10.1 Å². The minimum absolute atomic E-state index is 0.0325. The van der Waals surface area contributed by atoms with E-state index in [-0.39, 0.29) is 28.8 Å². The number of rotatable bonds is 6. The van der Waals surface area contributed by atoms with Crippen molar-refractivity contribution in [3.8, 4) is 17.2 Å². The van der Waals surface area contributed by atoms with Crippen molar-refractivity contribution < 1.29 is 19.7 Å². The number of hydrogen-bond acceptors (Lipinski definition) is 4. The van der Waals surface area contributed by atoms with E-state index in [9.17, 15) is 15.0 Å². The maximum absolute atomic E-state index is 11.9.